The van der Waals surface area contributed by atoms with Gasteiger partial charge in [-0.05, 0) is 32.8 Å². The third-order valence-corrected chi connectivity index (χ3v) is 2.68. The van der Waals surface area contributed by atoms with Crippen LogP contribution in [-0.2, 0) is 4.79 Å². The molecular formula is C8H8N4O2S. The van der Waals surface area contributed by atoms with Crippen LogP contribution < -0.4 is 0 Å². The van der Waals surface area contributed by atoms with E-state index in [4.69, 9.17) is 5.11 Å². The van der Waals surface area contributed by atoms with Crippen molar-refractivity contribution in [2.45, 2.75) is 12.5 Å². The number of hydrogen-bond donors (Lipinski definition) is 1. The van der Waals surface area contributed by atoms with Crippen LogP contribution in [0.15, 0.2) is 23.2 Å². The van der Waals surface area contributed by atoms with Crippen molar-refractivity contribution in [2.75, 3.05) is 0 Å². The molecule has 0 aliphatic heterocycles. The molecule has 0 aliphatic rings. The van der Waals surface area contributed by atoms with E-state index in [1.807, 2.05) is 16.8 Å². The summed E-state index contributed by atoms with van der Waals surface area (Å²) in [7, 11) is 0. The molecule has 1 atom stereocenters. The third-order valence-electron chi connectivity index (χ3n) is 1.98. The van der Waals surface area contributed by atoms with E-state index in [-0.39, 0.29) is 12.5 Å². The number of carbonyl (C=O) groups is 1. The Hall–Kier alpha value is -1.76. The Balaban J connectivity index is 2.29. The number of aliphatic carboxylic acids is 1. The topological polar surface area (TPSA) is 80.9 Å². The summed E-state index contributed by atoms with van der Waals surface area (Å²) in [6, 6.07) is 1.55. The van der Waals surface area contributed by atoms with Crippen molar-refractivity contribution < 1.29 is 9.90 Å². The van der Waals surface area contributed by atoms with E-state index in [0.717, 1.165) is 5.56 Å². The van der Waals surface area contributed by atoms with E-state index >= 15 is 0 Å². The summed E-state index contributed by atoms with van der Waals surface area (Å²) < 4.78 is 1.45. The average Bonchev–Trinajstić information content (AvgIpc) is 2.87. The molecule has 7 heteroatoms. The van der Waals surface area contributed by atoms with E-state index in [9.17, 15) is 4.79 Å². The molecule has 0 unspecified atom stereocenters. The van der Waals surface area contributed by atoms with Gasteiger partial charge in [0.05, 0.1) is 12.5 Å². The van der Waals surface area contributed by atoms with Crippen LogP contribution in [0.2, 0.25) is 0 Å². The quantitative estimate of drug-likeness (QED) is 0.830. The third kappa shape index (κ3) is 2.18. The normalized spacial score (nSPS) is 12.5. The molecule has 0 aliphatic carbocycles. The van der Waals surface area contributed by atoms with Crippen molar-refractivity contribution >= 4 is 17.3 Å². The molecule has 0 saturated carbocycles. The molecule has 2 heterocycles. The molecule has 0 fully saturated rings. The van der Waals surface area contributed by atoms with Gasteiger partial charge in [-0.25, -0.2) is 4.68 Å². The van der Waals surface area contributed by atoms with Crippen molar-refractivity contribution in [3.05, 3.63) is 28.7 Å². The van der Waals surface area contributed by atoms with Gasteiger partial charge >= 0.3 is 5.97 Å². The molecule has 2 rings (SSSR count). The highest BCUT2D eigenvalue weighted by atomic mass is 32.1. The molecule has 15 heavy (non-hydrogen) atoms. The number of thiophene rings is 1. The largest absolute Gasteiger partial charge is 0.481 e. The maximum Gasteiger partial charge on any atom is 0.305 e. The molecule has 78 valence electrons. The summed E-state index contributed by atoms with van der Waals surface area (Å²) in [4.78, 5) is 10.7. The van der Waals surface area contributed by atoms with E-state index in [1.54, 1.807) is 0 Å². The molecular weight excluding hydrogens is 216 g/mol. The minimum Gasteiger partial charge on any atom is -0.481 e. The molecule has 0 saturated heterocycles. The first kappa shape index (κ1) is 9.78. The minimum atomic E-state index is -0.873. The summed E-state index contributed by atoms with van der Waals surface area (Å²) in [5.41, 5.74) is 0.912. The van der Waals surface area contributed by atoms with Crippen molar-refractivity contribution in [1.29, 1.82) is 0 Å². The fraction of sp³-hybridized carbons (Fsp3) is 0.250. The number of rotatable bonds is 4. The summed E-state index contributed by atoms with van der Waals surface area (Å²) in [6.07, 6.45) is 1.40. The molecule has 2 aromatic rings. The van der Waals surface area contributed by atoms with Crippen LogP contribution in [0.4, 0.5) is 0 Å². The maximum atomic E-state index is 10.7. The lowest BCUT2D eigenvalue weighted by atomic mass is 10.1. The Labute approximate surface area is 89.2 Å². The Kier molecular flexibility index (Phi) is 2.72. The molecule has 0 bridgehead atoms. The Bertz CT molecular complexity index is 391. The van der Waals surface area contributed by atoms with Crippen molar-refractivity contribution in [3.63, 3.8) is 0 Å². The number of carboxylic acid groups (broad SMARTS) is 1. The first-order chi connectivity index (χ1) is 7.27. The highest BCUT2D eigenvalue weighted by Crippen LogP contribution is 2.22. The van der Waals surface area contributed by atoms with Gasteiger partial charge in [0.2, 0.25) is 0 Å². The second-order valence-corrected chi connectivity index (χ2v) is 3.74. The van der Waals surface area contributed by atoms with E-state index in [0.29, 0.717) is 0 Å². The fourth-order valence-corrected chi connectivity index (χ4v) is 2.01. The van der Waals surface area contributed by atoms with Crippen LogP contribution in [-0.4, -0.2) is 31.3 Å². The zero-order valence-electron chi connectivity index (χ0n) is 7.65. The van der Waals surface area contributed by atoms with Crippen LogP contribution in [0, 0.1) is 0 Å². The van der Waals surface area contributed by atoms with Crippen molar-refractivity contribution in [3.8, 4) is 0 Å². The predicted molar refractivity (Wildman–Crippen MR) is 52.5 cm³/mol. The summed E-state index contributed by atoms with van der Waals surface area (Å²) in [6.45, 7) is 0. The van der Waals surface area contributed by atoms with Gasteiger partial charge in [0.25, 0.3) is 0 Å². The molecule has 0 radical (unpaired) electrons. The first-order valence-corrected chi connectivity index (χ1v) is 5.18. The lowest BCUT2D eigenvalue weighted by molar-refractivity contribution is -0.137. The van der Waals surface area contributed by atoms with E-state index in [2.05, 4.69) is 15.5 Å². The lowest BCUT2D eigenvalue weighted by Crippen LogP contribution is -2.15. The maximum absolute atomic E-state index is 10.7. The Morgan fingerprint density at radius 3 is 3.07 bits per heavy atom. The molecule has 0 amide bonds. The minimum absolute atomic E-state index is 0.0260. The Morgan fingerprint density at radius 2 is 2.53 bits per heavy atom. The van der Waals surface area contributed by atoms with Crippen LogP contribution in [0.3, 0.4) is 0 Å². The smallest absolute Gasteiger partial charge is 0.305 e. The molecule has 0 aromatic carbocycles. The van der Waals surface area contributed by atoms with Gasteiger partial charge in [0.1, 0.15) is 6.33 Å². The van der Waals surface area contributed by atoms with Gasteiger partial charge in [-0.1, -0.05) is 0 Å². The monoisotopic (exact) mass is 224 g/mol. The fourth-order valence-electron chi connectivity index (χ4n) is 1.31. The molecule has 0 spiro atoms. The molecule has 1 N–H and O–H groups in total. The van der Waals surface area contributed by atoms with Gasteiger partial charge in [-0.2, -0.15) is 11.3 Å². The average molecular weight is 224 g/mol. The van der Waals surface area contributed by atoms with Crippen molar-refractivity contribution in [1.82, 2.24) is 20.2 Å². The van der Waals surface area contributed by atoms with Gasteiger partial charge in [-0.3, -0.25) is 4.79 Å². The predicted octanol–water partition coefficient (Wildman–Crippen LogP) is 0.799. The second-order valence-electron chi connectivity index (χ2n) is 2.96. The lowest BCUT2D eigenvalue weighted by Gasteiger charge is -2.11. The van der Waals surface area contributed by atoms with Gasteiger partial charge in [0, 0.05) is 0 Å². The summed E-state index contributed by atoms with van der Waals surface area (Å²) >= 11 is 1.52. The van der Waals surface area contributed by atoms with E-state index in [1.165, 1.54) is 22.3 Å². The number of carboxylic acids is 1. The van der Waals surface area contributed by atoms with E-state index < -0.39 is 5.97 Å². The number of nitrogens with zero attached hydrogens (tertiary/aromatic N) is 4. The van der Waals surface area contributed by atoms with Gasteiger partial charge in [-0.15, -0.1) is 5.10 Å². The standard InChI is InChI=1S/C8H8N4O2S/c13-8(14)3-7(6-1-2-15-4-6)12-5-9-10-11-12/h1-2,4-5,7H,3H2,(H,13,14)/t7-/m0/s1. The first-order valence-electron chi connectivity index (χ1n) is 4.23. The van der Waals surface area contributed by atoms with Crippen LogP contribution >= 0.6 is 11.3 Å². The number of tetrazole rings is 1. The zero-order valence-corrected chi connectivity index (χ0v) is 8.46. The SMILES string of the molecule is O=C(O)C[C@@H](c1ccsc1)n1cnnn1. The van der Waals surface area contributed by atoms with Crippen LogP contribution in [0.1, 0.15) is 18.0 Å². The number of aromatic nitrogens is 4. The summed E-state index contributed by atoms with van der Waals surface area (Å²) in [5.74, 6) is -0.873. The summed E-state index contributed by atoms with van der Waals surface area (Å²) in [5, 5.41) is 23.3. The highest BCUT2D eigenvalue weighted by molar-refractivity contribution is 7.07. The molecule has 2 aromatic heterocycles. The Morgan fingerprint density at radius 1 is 1.67 bits per heavy atom. The van der Waals surface area contributed by atoms with Crippen LogP contribution in [0.25, 0.3) is 0 Å². The number of hydrogen-bond acceptors (Lipinski definition) is 5. The van der Waals surface area contributed by atoms with Gasteiger partial charge < -0.3 is 5.11 Å². The molecule has 6 nitrogen and oxygen atoms in total. The van der Waals surface area contributed by atoms with Crippen molar-refractivity contribution in [2.24, 2.45) is 0 Å². The van der Waals surface area contributed by atoms with Gasteiger partial charge in [0.15, 0.2) is 0 Å². The second kappa shape index (κ2) is 4.18. The van der Waals surface area contributed by atoms with Crippen LogP contribution in [0.5, 0.6) is 0 Å². The zero-order chi connectivity index (χ0) is 10.7. The highest BCUT2D eigenvalue weighted by Gasteiger charge is 2.18.